The van der Waals surface area contributed by atoms with Crippen LogP contribution in [0.2, 0.25) is 0 Å². The highest BCUT2D eigenvalue weighted by molar-refractivity contribution is 5.86. The Morgan fingerprint density at radius 2 is 2.41 bits per heavy atom. The van der Waals surface area contributed by atoms with Gasteiger partial charge in [-0.3, -0.25) is 0 Å². The largest absolute Gasteiger partial charge is 0.476 e. The summed E-state index contributed by atoms with van der Waals surface area (Å²) in [5, 5.41) is 15.9. The van der Waals surface area contributed by atoms with Crippen LogP contribution in [-0.4, -0.2) is 38.6 Å². The predicted molar refractivity (Wildman–Crippen MR) is 56.1 cm³/mol. The lowest BCUT2D eigenvalue weighted by Crippen LogP contribution is -2.25. The van der Waals surface area contributed by atoms with Crippen molar-refractivity contribution >= 4 is 11.9 Å². The van der Waals surface area contributed by atoms with Crippen molar-refractivity contribution in [2.75, 3.05) is 6.61 Å². The Balaban J connectivity index is 2.94. The van der Waals surface area contributed by atoms with E-state index in [2.05, 4.69) is 16.2 Å². The topological polar surface area (TPSA) is 94.3 Å². The molecule has 0 aromatic carbocycles. The number of carbonyl (C=O) groups excluding carboxylic acids is 1. The molecule has 7 heteroatoms. The number of terminal acetylenes is 1. The first-order valence-corrected chi connectivity index (χ1v) is 4.85. The molecule has 0 aliphatic rings. The zero-order valence-electron chi connectivity index (χ0n) is 9.16. The maximum Gasteiger partial charge on any atom is 0.355 e. The van der Waals surface area contributed by atoms with Crippen molar-refractivity contribution < 1.29 is 19.4 Å². The monoisotopic (exact) mass is 237 g/mol. The molecule has 1 heterocycles. The highest BCUT2D eigenvalue weighted by Gasteiger charge is 2.25. The van der Waals surface area contributed by atoms with Gasteiger partial charge in [0.15, 0.2) is 18.3 Å². The average molecular weight is 237 g/mol. The van der Waals surface area contributed by atoms with Gasteiger partial charge in [-0.15, -0.1) is 11.5 Å². The Kier molecular flexibility index (Phi) is 4.22. The summed E-state index contributed by atoms with van der Waals surface area (Å²) in [6.45, 7) is 1.54. The number of aromatic carboxylic acids is 1. The maximum atomic E-state index is 11.6. The number of nitrogens with zero attached hydrogens (tertiary/aromatic N) is 3. The molecule has 0 spiro atoms. The number of ether oxygens (including phenoxy) is 1. The Bertz CT molecular complexity index is 460. The lowest BCUT2D eigenvalue weighted by Gasteiger charge is -2.14. The molecule has 1 rings (SSSR count). The summed E-state index contributed by atoms with van der Waals surface area (Å²) in [6.07, 6.45) is 6.35. The molecule has 0 saturated carbocycles. The number of rotatable bonds is 5. The van der Waals surface area contributed by atoms with E-state index in [-0.39, 0.29) is 12.3 Å². The minimum absolute atomic E-state index is 0.160. The Hall–Kier alpha value is -2.36. The van der Waals surface area contributed by atoms with Gasteiger partial charge in [0.25, 0.3) is 0 Å². The van der Waals surface area contributed by atoms with Crippen LogP contribution in [0, 0.1) is 12.3 Å². The van der Waals surface area contributed by atoms with Crippen LogP contribution in [-0.2, 0) is 9.53 Å². The summed E-state index contributed by atoms with van der Waals surface area (Å²) in [6, 6.07) is -0.836. The zero-order valence-corrected chi connectivity index (χ0v) is 9.16. The smallest absolute Gasteiger partial charge is 0.355 e. The fourth-order valence-electron chi connectivity index (χ4n) is 1.28. The second kappa shape index (κ2) is 5.65. The summed E-state index contributed by atoms with van der Waals surface area (Å²) in [5.41, 5.74) is -0.172. The number of carboxylic acids is 1. The van der Waals surface area contributed by atoms with Crippen LogP contribution in [0.15, 0.2) is 6.20 Å². The lowest BCUT2D eigenvalue weighted by molar-refractivity contribution is -0.146. The van der Waals surface area contributed by atoms with Crippen LogP contribution in [0.3, 0.4) is 0 Å². The van der Waals surface area contributed by atoms with Crippen molar-refractivity contribution in [1.29, 1.82) is 0 Å². The van der Waals surface area contributed by atoms with E-state index >= 15 is 0 Å². The second-order valence-electron chi connectivity index (χ2n) is 3.10. The minimum atomic E-state index is -1.21. The SMILES string of the molecule is C#CCOC(=O)C(CC)n1nncc1C(=O)O. The van der Waals surface area contributed by atoms with Crippen LogP contribution in [0.25, 0.3) is 0 Å². The van der Waals surface area contributed by atoms with Gasteiger partial charge in [-0.2, -0.15) is 0 Å². The number of hydrogen-bond acceptors (Lipinski definition) is 5. The maximum absolute atomic E-state index is 11.6. The molecule has 0 aliphatic carbocycles. The molecule has 1 aromatic heterocycles. The van der Waals surface area contributed by atoms with Crippen LogP contribution in [0.4, 0.5) is 0 Å². The van der Waals surface area contributed by atoms with Gasteiger partial charge in [-0.1, -0.05) is 18.1 Å². The Morgan fingerprint density at radius 1 is 1.71 bits per heavy atom. The second-order valence-corrected chi connectivity index (χ2v) is 3.10. The number of hydrogen-bond donors (Lipinski definition) is 1. The summed E-state index contributed by atoms with van der Waals surface area (Å²) in [5.74, 6) is 0.319. The van der Waals surface area contributed by atoms with Gasteiger partial charge in [0.2, 0.25) is 0 Å². The van der Waals surface area contributed by atoms with Gasteiger partial charge >= 0.3 is 11.9 Å². The highest BCUT2D eigenvalue weighted by Crippen LogP contribution is 2.14. The Labute approximate surface area is 97.4 Å². The molecule has 7 nitrogen and oxygen atoms in total. The first-order valence-electron chi connectivity index (χ1n) is 4.85. The van der Waals surface area contributed by atoms with E-state index in [1.54, 1.807) is 6.92 Å². The number of carboxylic acid groups (broad SMARTS) is 1. The van der Waals surface area contributed by atoms with Crippen LogP contribution in [0.1, 0.15) is 29.9 Å². The van der Waals surface area contributed by atoms with Gasteiger partial charge in [0, 0.05) is 0 Å². The molecular weight excluding hydrogens is 226 g/mol. The van der Waals surface area contributed by atoms with Gasteiger partial charge in [0.1, 0.15) is 0 Å². The van der Waals surface area contributed by atoms with Crippen molar-refractivity contribution in [3.05, 3.63) is 11.9 Å². The fourth-order valence-corrected chi connectivity index (χ4v) is 1.28. The van der Waals surface area contributed by atoms with E-state index in [1.807, 2.05) is 0 Å². The van der Waals surface area contributed by atoms with Crippen LogP contribution in [0.5, 0.6) is 0 Å². The third kappa shape index (κ3) is 2.81. The quantitative estimate of drug-likeness (QED) is 0.576. The minimum Gasteiger partial charge on any atom is -0.476 e. The van der Waals surface area contributed by atoms with Gasteiger partial charge < -0.3 is 9.84 Å². The molecule has 1 N–H and O–H groups in total. The van der Waals surface area contributed by atoms with E-state index in [4.69, 9.17) is 16.3 Å². The van der Waals surface area contributed by atoms with Crippen molar-refractivity contribution in [3.63, 3.8) is 0 Å². The summed E-state index contributed by atoms with van der Waals surface area (Å²) in [7, 11) is 0. The van der Waals surface area contributed by atoms with Gasteiger partial charge in [-0.05, 0) is 6.42 Å². The molecule has 0 fully saturated rings. The van der Waals surface area contributed by atoms with Gasteiger partial charge in [-0.25, -0.2) is 14.3 Å². The first kappa shape index (κ1) is 12.7. The molecule has 0 amide bonds. The van der Waals surface area contributed by atoms with Crippen LogP contribution < -0.4 is 0 Å². The third-order valence-electron chi connectivity index (χ3n) is 2.05. The standard InChI is InChI=1S/C10H11N3O4/c1-3-5-17-10(16)7(4-2)13-8(9(14)15)6-11-12-13/h1,6-7H,4-5H2,2H3,(H,14,15). The first-order chi connectivity index (χ1) is 8.11. The number of aromatic nitrogens is 3. The molecule has 1 atom stereocenters. The molecule has 90 valence electrons. The van der Waals surface area contributed by atoms with Crippen molar-refractivity contribution in [3.8, 4) is 12.3 Å². The van der Waals surface area contributed by atoms with E-state index in [9.17, 15) is 9.59 Å². The fraction of sp³-hybridized carbons (Fsp3) is 0.400. The normalized spacial score (nSPS) is 11.5. The average Bonchev–Trinajstić information content (AvgIpc) is 2.76. The highest BCUT2D eigenvalue weighted by atomic mass is 16.5. The number of carbonyl (C=O) groups is 2. The molecule has 1 unspecified atom stereocenters. The van der Waals surface area contributed by atoms with E-state index < -0.39 is 18.0 Å². The lowest BCUT2D eigenvalue weighted by atomic mass is 10.2. The molecule has 0 bridgehead atoms. The molecule has 17 heavy (non-hydrogen) atoms. The van der Waals surface area contributed by atoms with Crippen molar-refractivity contribution in [2.45, 2.75) is 19.4 Å². The van der Waals surface area contributed by atoms with Crippen LogP contribution >= 0.6 is 0 Å². The predicted octanol–water partition coefficient (Wildman–Crippen LogP) is 0.104. The molecular formula is C10H11N3O4. The molecule has 0 saturated heterocycles. The molecule has 0 radical (unpaired) electrons. The van der Waals surface area contributed by atoms with E-state index in [0.717, 1.165) is 10.9 Å². The van der Waals surface area contributed by atoms with E-state index in [0.29, 0.717) is 6.42 Å². The van der Waals surface area contributed by atoms with E-state index in [1.165, 1.54) is 0 Å². The summed E-state index contributed by atoms with van der Waals surface area (Å²) >= 11 is 0. The summed E-state index contributed by atoms with van der Waals surface area (Å²) in [4.78, 5) is 22.5. The zero-order chi connectivity index (χ0) is 12.8. The Morgan fingerprint density at radius 3 is 2.94 bits per heavy atom. The number of esters is 1. The molecule has 1 aromatic rings. The van der Waals surface area contributed by atoms with Crippen molar-refractivity contribution in [1.82, 2.24) is 15.0 Å². The third-order valence-corrected chi connectivity index (χ3v) is 2.05. The summed E-state index contributed by atoms with van der Waals surface area (Å²) < 4.78 is 5.76. The van der Waals surface area contributed by atoms with Crippen molar-refractivity contribution in [2.24, 2.45) is 0 Å². The van der Waals surface area contributed by atoms with Gasteiger partial charge in [0.05, 0.1) is 6.20 Å². The molecule has 0 aliphatic heterocycles.